The van der Waals surface area contributed by atoms with E-state index in [9.17, 15) is 4.39 Å². The minimum absolute atomic E-state index is 0.107. The van der Waals surface area contributed by atoms with Crippen LogP contribution in [0.15, 0.2) is 0 Å². The van der Waals surface area contributed by atoms with Crippen molar-refractivity contribution < 1.29 is 9.50 Å². The van der Waals surface area contributed by atoms with Crippen LogP contribution in [0.25, 0.3) is 0 Å². The van der Waals surface area contributed by atoms with Gasteiger partial charge in [-0.15, -0.1) is 0 Å². The van der Waals surface area contributed by atoms with Crippen LogP contribution in [-0.2, 0) is 0 Å². The molecule has 1 unspecified atom stereocenters. The van der Waals surface area contributed by atoms with Crippen molar-refractivity contribution in [1.82, 2.24) is 4.90 Å². The largest absolute Gasteiger partial charge is 0.396 e. The molecular formula is C9H18FNO. The first-order chi connectivity index (χ1) is 5.66. The van der Waals surface area contributed by atoms with Gasteiger partial charge in [0.25, 0.3) is 0 Å². The van der Waals surface area contributed by atoms with Gasteiger partial charge < -0.3 is 10.0 Å². The highest BCUT2D eigenvalue weighted by atomic mass is 19.1. The average molecular weight is 175 g/mol. The van der Waals surface area contributed by atoms with Gasteiger partial charge in [-0.05, 0) is 39.3 Å². The maximum Gasteiger partial charge on any atom is 0.123 e. The van der Waals surface area contributed by atoms with Crippen molar-refractivity contribution in [3.63, 3.8) is 0 Å². The molecule has 12 heavy (non-hydrogen) atoms. The molecule has 0 amide bonds. The van der Waals surface area contributed by atoms with E-state index in [0.717, 1.165) is 13.0 Å². The first-order valence-corrected chi connectivity index (χ1v) is 4.65. The van der Waals surface area contributed by atoms with Crippen molar-refractivity contribution in [2.24, 2.45) is 0 Å². The van der Waals surface area contributed by atoms with Crippen LogP contribution >= 0.6 is 0 Å². The maximum absolute atomic E-state index is 13.9. The van der Waals surface area contributed by atoms with Crippen molar-refractivity contribution in [2.45, 2.75) is 31.4 Å². The molecule has 72 valence electrons. The van der Waals surface area contributed by atoms with Gasteiger partial charge in [0.05, 0.1) is 0 Å². The summed E-state index contributed by atoms with van der Waals surface area (Å²) in [6, 6.07) is 0. The van der Waals surface area contributed by atoms with Crippen LogP contribution in [0.2, 0.25) is 0 Å². The Morgan fingerprint density at radius 1 is 1.58 bits per heavy atom. The first-order valence-electron chi connectivity index (χ1n) is 4.65. The van der Waals surface area contributed by atoms with E-state index in [2.05, 4.69) is 0 Å². The molecule has 1 N–H and O–H groups in total. The van der Waals surface area contributed by atoms with E-state index in [4.69, 9.17) is 5.11 Å². The molecule has 0 aromatic carbocycles. The molecule has 2 nitrogen and oxygen atoms in total. The molecule has 0 saturated carbocycles. The van der Waals surface area contributed by atoms with Gasteiger partial charge in [-0.3, -0.25) is 0 Å². The lowest BCUT2D eigenvalue weighted by Crippen LogP contribution is -2.43. The smallest absolute Gasteiger partial charge is 0.123 e. The fourth-order valence-corrected chi connectivity index (χ4v) is 1.91. The lowest BCUT2D eigenvalue weighted by Gasteiger charge is -2.35. The van der Waals surface area contributed by atoms with Gasteiger partial charge in [0.2, 0.25) is 0 Å². The number of likely N-dealkylation sites (tertiary alicyclic amines) is 1. The number of hydrogen-bond acceptors (Lipinski definition) is 2. The molecule has 0 radical (unpaired) electrons. The predicted molar refractivity (Wildman–Crippen MR) is 46.9 cm³/mol. The summed E-state index contributed by atoms with van der Waals surface area (Å²) in [5, 5.41) is 8.60. The van der Waals surface area contributed by atoms with E-state index in [-0.39, 0.29) is 6.61 Å². The second kappa shape index (κ2) is 4.19. The van der Waals surface area contributed by atoms with Crippen LogP contribution in [0.5, 0.6) is 0 Å². The number of aliphatic hydroxyl groups is 1. The van der Waals surface area contributed by atoms with Gasteiger partial charge in [0.1, 0.15) is 5.67 Å². The highest BCUT2D eigenvalue weighted by molar-refractivity contribution is 4.86. The molecule has 1 heterocycles. The zero-order valence-corrected chi connectivity index (χ0v) is 7.72. The number of halogens is 1. The fraction of sp³-hybridized carbons (Fsp3) is 1.00. The molecule has 0 aliphatic carbocycles. The van der Waals surface area contributed by atoms with E-state index in [1.807, 2.05) is 11.9 Å². The van der Waals surface area contributed by atoms with Gasteiger partial charge in [-0.1, -0.05) is 0 Å². The molecule has 1 aliphatic rings. The molecule has 0 spiro atoms. The topological polar surface area (TPSA) is 23.5 Å². The standard InChI is InChI=1S/C9H18FNO/c1-11-6-2-4-9(10,8-11)5-3-7-12/h12H,2-8H2,1H3. The zero-order valence-electron chi connectivity index (χ0n) is 7.72. The Hall–Kier alpha value is -0.150. The lowest BCUT2D eigenvalue weighted by molar-refractivity contribution is 0.0448. The van der Waals surface area contributed by atoms with Crippen molar-refractivity contribution in [3.05, 3.63) is 0 Å². The van der Waals surface area contributed by atoms with Gasteiger partial charge in [0, 0.05) is 13.2 Å². The van der Waals surface area contributed by atoms with Crippen LogP contribution < -0.4 is 0 Å². The molecule has 1 atom stereocenters. The Kier molecular flexibility index (Phi) is 3.47. The van der Waals surface area contributed by atoms with E-state index in [1.165, 1.54) is 0 Å². The summed E-state index contributed by atoms with van der Waals surface area (Å²) in [6.45, 7) is 1.65. The Morgan fingerprint density at radius 2 is 2.33 bits per heavy atom. The molecule has 0 bridgehead atoms. The monoisotopic (exact) mass is 175 g/mol. The van der Waals surface area contributed by atoms with Crippen LogP contribution in [0.3, 0.4) is 0 Å². The second-order valence-corrected chi connectivity index (χ2v) is 3.82. The average Bonchev–Trinajstić information content (AvgIpc) is 2.01. The highest BCUT2D eigenvalue weighted by Gasteiger charge is 2.33. The molecule has 1 fully saturated rings. The maximum atomic E-state index is 13.9. The number of alkyl halides is 1. The molecule has 1 aliphatic heterocycles. The summed E-state index contributed by atoms with van der Waals surface area (Å²) in [5.74, 6) is 0. The van der Waals surface area contributed by atoms with Crippen molar-refractivity contribution in [3.8, 4) is 0 Å². The van der Waals surface area contributed by atoms with Gasteiger partial charge >= 0.3 is 0 Å². The highest BCUT2D eigenvalue weighted by Crippen LogP contribution is 2.28. The summed E-state index contributed by atoms with van der Waals surface area (Å²) in [7, 11) is 1.95. The Balaban J connectivity index is 2.35. The summed E-state index contributed by atoms with van der Waals surface area (Å²) >= 11 is 0. The first kappa shape index (κ1) is 9.93. The lowest BCUT2D eigenvalue weighted by atomic mass is 9.90. The molecular weight excluding hydrogens is 157 g/mol. The second-order valence-electron chi connectivity index (χ2n) is 3.82. The zero-order chi connectivity index (χ0) is 9.03. The Morgan fingerprint density at radius 3 is 2.92 bits per heavy atom. The summed E-state index contributed by atoms with van der Waals surface area (Å²) in [6.07, 6.45) is 2.70. The quantitative estimate of drug-likeness (QED) is 0.696. The number of piperidine rings is 1. The van der Waals surface area contributed by atoms with E-state index >= 15 is 0 Å². The molecule has 3 heteroatoms. The third kappa shape index (κ3) is 2.72. The van der Waals surface area contributed by atoms with Crippen molar-refractivity contribution >= 4 is 0 Å². The van der Waals surface area contributed by atoms with Crippen molar-refractivity contribution in [1.29, 1.82) is 0 Å². The normalized spacial score (nSPS) is 32.2. The third-order valence-corrected chi connectivity index (χ3v) is 2.50. The molecule has 1 saturated heterocycles. The summed E-state index contributed by atoms with van der Waals surface area (Å²) in [4.78, 5) is 2.03. The molecule has 0 aromatic rings. The Labute approximate surface area is 73.4 Å². The minimum atomic E-state index is -1.03. The van der Waals surface area contributed by atoms with Crippen LogP contribution in [0.1, 0.15) is 25.7 Å². The van der Waals surface area contributed by atoms with E-state index < -0.39 is 5.67 Å². The summed E-state index contributed by atoms with van der Waals surface area (Å²) in [5.41, 5.74) is -1.03. The molecule has 1 rings (SSSR count). The number of aliphatic hydroxyl groups excluding tert-OH is 1. The van der Waals surface area contributed by atoms with Crippen LogP contribution in [-0.4, -0.2) is 42.4 Å². The number of hydrogen-bond donors (Lipinski definition) is 1. The number of rotatable bonds is 3. The van der Waals surface area contributed by atoms with Gasteiger partial charge in [0.15, 0.2) is 0 Å². The van der Waals surface area contributed by atoms with Gasteiger partial charge in [-0.25, -0.2) is 4.39 Å². The van der Waals surface area contributed by atoms with E-state index in [1.54, 1.807) is 0 Å². The van der Waals surface area contributed by atoms with Gasteiger partial charge in [-0.2, -0.15) is 0 Å². The fourth-order valence-electron chi connectivity index (χ4n) is 1.91. The third-order valence-electron chi connectivity index (χ3n) is 2.50. The predicted octanol–water partition coefficient (Wildman–Crippen LogP) is 1.19. The van der Waals surface area contributed by atoms with E-state index in [0.29, 0.717) is 25.8 Å². The molecule has 0 aromatic heterocycles. The SMILES string of the molecule is CN1CCCC(F)(CCCO)C1. The van der Waals surface area contributed by atoms with Crippen LogP contribution in [0, 0.1) is 0 Å². The Bertz CT molecular complexity index is 142. The van der Waals surface area contributed by atoms with Crippen LogP contribution in [0.4, 0.5) is 4.39 Å². The number of nitrogens with zero attached hydrogens (tertiary/aromatic N) is 1. The van der Waals surface area contributed by atoms with Crippen molar-refractivity contribution in [2.75, 3.05) is 26.7 Å². The summed E-state index contributed by atoms with van der Waals surface area (Å²) < 4.78 is 13.9. The minimum Gasteiger partial charge on any atom is -0.396 e.